The number of nitrogens with zero attached hydrogens (tertiary/aromatic N) is 3. The van der Waals surface area contributed by atoms with Gasteiger partial charge < -0.3 is 10.4 Å². The van der Waals surface area contributed by atoms with Gasteiger partial charge in [-0.1, -0.05) is 24.5 Å². The van der Waals surface area contributed by atoms with Crippen molar-refractivity contribution in [1.29, 1.82) is 0 Å². The van der Waals surface area contributed by atoms with E-state index >= 15 is 0 Å². The molecule has 2 fully saturated rings. The molecule has 1 aromatic carbocycles. The summed E-state index contributed by atoms with van der Waals surface area (Å²) in [5.41, 5.74) is 2.22. The fourth-order valence-corrected chi connectivity index (χ4v) is 4.37. The number of aromatic nitrogens is 2. The summed E-state index contributed by atoms with van der Waals surface area (Å²) in [5, 5.41) is 15.0. The second-order valence-electron chi connectivity index (χ2n) is 7.62. The lowest BCUT2D eigenvalue weighted by molar-refractivity contribution is 0.00993. The van der Waals surface area contributed by atoms with Gasteiger partial charge in [0, 0.05) is 30.6 Å². The number of nitrogens with one attached hydrogen (secondary N) is 1. The van der Waals surface area contributed by atoms with Crippen molar-refractivity contribution in [2.24, 2.45) is 0 Å². The first kappa shape index (κ1) is 16.7. The van der Waals surface area contributed by atoms with E-state index in [1.54, 1.807) is 6.33 Å². The molecule has 2 atom stereocenters. The molecule has 5 heteroatoms. The van der Waals surface area contributed by atoms with Crippen molar-refractivity contribution in [2.75, 3.05) is 18.4 Å². The molecule has 5 nitrogen and oxygen atoms in total. The first-order chi connectivity index (χ1) is 12.2. The van der Waals surface area contributed by atoms with Gasteiger partial charge in [0.25, 0.3) is 0 Å². The van der Waals surface area contributed by atoms with E-state index in [2.05, 4.69) is 45.3 Å². The van der Waals surface area contributed by atoms with E-state index in [1.165, 1.54) is 18.4 Å². The first-order valence-corrected chi connectivity index (χ1v) is 9.61. The van der Waals surface area contributed by atoms with Gasteiger partial charge in [-0.2, -0.15) is 0 Å². The normalized spacial score (nSPS) is 26.0. The Bertz CT molecular complexity index is 727. The smallest absolute Gasteiger partial charge is 0.137 e. The molecule has 25 heavy (non-hydrogen) atoms. The van der Waals surface area contributed by atoms with E-state index in [-0.39, 0.29) is 6.10 Å². The quantitative estimate of drug-likeness (QED) is 0.899. The minimum Gasteiger partial charge on any atom is -0.391 e. The van der Waals surface area contributed by atoms with Gasteiger partial charge in [-0.25, -0.2) is 9.97 Å². The Morgan fingerprint density at radius 2 is 1.88 bits per heavy atom. The molecule has 1 aliphatic heterocycles. The second-order valence-corrected chi connectivity index (χ2v) is 7.62. The lowest BCUT2D eigenvalue weighted by Gasteiger charge is -2.41. The third-order valence-electron chi connectivity index (χ3n) is 5.82. The van der Waals surface area contributed by atoms with E-state index in [9.17, 15) is 5.11 Å². The molecule has 134 valence electrons. The molecule has 0 amide bonds. The minimum atomic E-state index is -0.132. The molecule has 1 aromatic heterocycles. The summed E-state index contributed by atoms with van der Waals surface area (Å²) in [6.45, 7) is 4.22. The fourth-order valence-electron chi connectivity index (χ4n) is 4.37. The van der Waals surface area contributed by atoms with Crippen LogP contribution in [0.5, 0.6) is 0 Å². The summed E-state index contributed by atoms with van der Waals surface area (Å²) in [7, 11) is 0. The van der Waals surface area contributed by atoms with Crippen molar-refractivity contribution in [3.05, 3.63) is 30.1 Å². The average Bonchev–Trinajstić information content (AvgIpc) is 2.63. The SMILES string of the molecule is Cc1ccc2ncnc(NC3CCN(C4CCCCC4O)CC3)c2c1. The Kier molecular flexibility index (Phi) is 4.86. The van der Waals surface area contributed by atoms with Gasteiger partial charge in [0.05, 0.1) is 11.6 Å². The number of benzene rings is 1. The van der Waals surface area contributed by atoms with E-state index in [0.717, 1.165) is 55.5 Å². The summed E-state index contributed by atoms with van der Waals surface area (Å²) >= 11 is 0. The van der Waals surface area contributed by atoms with Crippen molar-refractivity contribution in [2.45, 2.75) is 63.6 Å². The number of aliphatic hydroxyl groups excluding tert-OH is 1. The van der Waals surface area contributed by atoms with Gasteiger partial charge in [-0.3, -0.25) is 4.90 Å². The monoisotopic (exact) mass is 340 g/mol. The van der Waals surface area contributed by atoms with E-state index in [4.69, 9.17) is 0 Å². The molecule has 0 bridgehead atoms. The number of hydrogen-bond acceptors (Lipinski definition) is 5. The number of anilines is 1. The van der Waals surface area contributed by atoms with Crippen LogP contribution in [0, 0.1) is 6.92 Å². The first-order valence-electron chi connectivity index (χ1n) is 9.61. The Morgan fingerprint density at radius 1 is 1.08 bits per heavy atom. The number of piperidine rings is 1. The van der Waals surface area contributed by atoms with Gasteiger partial charge in [0.15, 0.2) is 0 Å². The van der Waals surface area contributed by atoms with Crippen molar-refractivity contribution < 1.29 is 5.11 Å². The van der Waals surface area contributed by atoms with Crippen LogP contribution in [-0.2, 0) is 0 Å². The van der Waals surface area contributed by atoms with Crippen molar-refractivity contribution in [1.82, 2.24) is 14.9 Å². The van der Waals surface area contributed by atoms with Gasteiger partial charge in [0.1, 0.15) is 12.1 Å². The van der Waals surface area contributed by atoms with Crippen LogP contribution in [0.3, 0.4) is 0 Å². The highest BCUT2D eigenvalue weighted by Crippen LogP contribution is 2.27. The van der Waals surface area contributed by atoms with Gasteiger partial charge >= 0.3 is 0 Å². The Hall–Kier alpha value is -1.72. The number of aryl methyl sites for hydroxylation is 1. The van der Waals surface area contributed by atoms with Gasteiger partial charge in [0.2, 0.25) is 0 Å². The largest absolute Gasteiger partial charge is 0.391 e. The van der Waals surface area contributed by atoms with Gasteiger partial charge in [-0.05, 0) is 44.7 Å². The van der Waals surface area contributed by atoms with Crippen LogP contribution in [0.4, 0.5) is 5.82 Å². The summed E-state index contributed by atoms with van der Waals surface area (Å²) in [5.74, 6) is 0.949. The molecule has 0 spiro atoms. The molecule has 1 aliphatic carbocycles. The highest BCUT2D eigenvalue weighted by atomic mass is 16.3. The number of hydrogen-bond donors (Lipinski definition) is 2. The number of likely N-dealkylation sites (tertiary alicyclic amines) is 1. The molecule has 1 saturated heterocycles. The number of rotatable bonds is 3. The second kappa shape index (κ2) is 7.26. The molecule has 1 saturated carbocycles. The molecular weight excluding hydrogens is 312 g/mol. The standard InChI is InChI=1S/C20H28N4O/c1-14-6-7-17-16(12-14)20(22-13-21-17)23-15-8-10-24(11-9-15)18-4-2-3-5-19(18)25/h6-7,12-13,15,18-19,25H,2-5,8-11H2,1H3,(H,21,22,23). The zero-order chi connectivity index (χ0) is 17.2. The Balaban J connectivity index is 1.41. The highest BCUT2D eigenvalue weighted by molar-refractivity contribution is 5.89. The maximum atomic E-state index is 10.3. The van der Waals surface area contributed by atoms with E-state index in [1.807, 2.05) is 0 Å². The average molecular weight is 340 g/mol. The van der Waals surface area contributed by atoms with Crippen LogP contribution in [0.1, 0.15) is 44.1 Å². The minimum absolute atomic E-state index is 0.132. The zero-order valence-corrected chi connectivity index (χ0v) is 15.0. The molecule has 2 aromatic rings. The van der Waals surface area contributed by atoms with Crippen LogP contribution in [0.25, 0.3) is 10.9 Å². The lowest BCUT2D eigenvalue weighted by atomic mass is 9.89. The van der Waals surface area contributed by atoms with Crippen LogP contribution >= 0.6 is 0 Å². The van der Waals surface area contributed by atoms with E-state index in [0.29, 0.717) is 12.1 Å². The molecular formula is C20H28N4O. The van der Waals surface area contributed by atoms with Crippen LogP contribution in [0.15, 0.2) is 24.5 Å². The summed E-state index contributed by atoms with van der Waals surface area (Å²) in [6, 6.07) is 7.12. The molecule has 2 unspecified atom stereocenters. The number of aliphatic hydroxyl groups is 1. The predicted molar refractivity (Wildman–Crippen MR) is 101 cm³/mol. The zero-order valence-electron chi connectivity index (χ0n) is 15.0. The molecule has 0 radical (unpaired) electrons. The molecule has 2 heterocycles. The maximum absolute atomic E-state index is 10.3. The fraction of sp³-hybridized carbons (Fsp3) is 0.600. The van der Waals surface area contributed by atoms with Gasteiger partial charge in [-0.15, -0.1) is 0 Å². The third kappa shape index (κ3) is 3.62. The molecule has 2 N–H and O–H groups in total. The highest BCUT2D eigenvalue weighted by Gasteiger charge is 2.31. The van der Waals surface area contributed by atoms with Crippen LogP contribution < -0.4 is 5.32 Å². The topological polar surface area (TPSA) is 61.3 Å². The van der Waals surface area contributed by atoms with Crippen LogP contribution in [0.2, 0.25) is 0 Å². The summed E-state index contributed by atoms with van der Waals surface area (Å²) in [6.07, 6.45) is 8.26. The maximum Gasteiger partial charge on any atom is 0.137 e. The predicted octanol–water partition coefficient (Wildman–Crippen LogP) is 3.12. The Labute approximate surface area is 149 Å². The summed E-state index contributed by atoms with van der Waals surface area (Å²) in [4.78, 5) is 11.4. The third-order valence-corrected chi connectivity index (χ3v) is 5.82. The molecule has 2 aliphatic rings. The number of fused-ring (bicyclic) bond motifs is 1. The van der Waals surface area contributed by atoms with Crippen molar-refractivity contribution in [3.63, 3.8) is 0 Å². The van der Waals surface area contributed by atoms with E-state index < -0.39 is 0 Å². The van der Waals surface area contributed by atoms with Crippen molar-refractivity contribution >= 4 is 16.7 Å². The molecule has 4 rings (SSSR count). The lowest BCUT2D eigenvalue weighted by Crippen LogP contribution is -2.50. The summed E-state index contributed by atoms with van der Waals surface area (Å²) < 4.78 is 0. The Morgan fingerprint density at radius 3 is 2.68 bits per heavy atom. The van der Waals surface area contributed by atoms with Crippen molar-refractivity contribution in [3.8, 4) is 0 Å². The van der Waals surface area contributed by atoms with Crippen LogP contribution in [-0.4, -0.2) is 51.3 Å².